The number of hydrogen-bond donors (Lipinski definition) is 2. The Kier molecular flexibility index (Phi) is 6.85. The Morgan fingerprint density at radius 2 is 1.68 bits per heavy atom. The number of nitrogens with zero attached hydrogens (tertiary/aromatic N) is 1. The van der Waals surface area contributed by atoms with Gasteiger partial charge in [-0.2, -0.15) is 4.31 Å². The normalized spacial score (nSPS) is 14.6. The minimum Gasteiger partial charge on any atom is -0.322 e. The summed E-state index contributed by atoms with van der Waals surface area (Å²) in [6.07, 6.45) is 1.62. The molecule has 2 aromatic carbocycles. The highest BCUT2D eigenvalue weighted by molar-refractivity contribution is 7.89. The van der Waals surface area contributed by atoms with Crippen LogP contribution in [0, 0.1) is 6.92 Å². The van der Waals surface area contributed by atoms with Crippen molar-refractivity contribution in [2.75, 3.05) is 18.4 Å². The van der Waals surface area contributed by atoms with Crippen molar-refractivity contribution in [1.82, 2.24) is 9.03 Å². The third kappa shape index (κ3) is 5.32. The largest absolute Gasteiger partial charge is 0.322 e. The summed E-state index contributed by atoms with van der Waals surface area (Å²) < 4.78 is 54.4. The molecule has 0 saturated heterocycles. The smallest absolute Gasteiger partial charge is 0.255 e. The van der Waals surface area contributed by atoms with Crippen LogP contribution in [-0.4, -0.2) is 46.2 Å². The van der Waals surface area contributed by atoms with Crippen LogP contribution >= 0.6 is 0 Å². The molecule has 0 heterocycles. The lowest BCUT2D eigenvalue weighted by Gasteiger charge is -2.19. The summed E-state index contributed by atoms with van der Waals surface area (Å²) in [7, 11) is -7.37. The summed E-state index contributed by atoms with van der Waals surface area (Å²) in [5.41, 5.74) is 1.20. The van der Waals surface area contributed by atoms with Crippen LogP contribution in [-0.2, 0) is 20.0 Å². The van der Waals surface area contributed by atoms with E-state index < -0.39 is 26.0 Å². The molecular weight excluding hydrogens is 438 g/mol. The monoisotopic (exact) mass is 465 g/mol. The SMILES string of the molecule is CCN(CC)S(=O)(=O)c1ccc(C)c(NC(=O)c2cccc(S(=O)(=O)NC3CC3)c2)c1. The van der Waals surface area contributed by atoms with Crippen LogP contribution in [0.25, 0.3) is 0 Å². The van der Waals surface area contributed by atoms with E-state index in [1.807, 2.05) is 0 Å². The predicted octanol–water partition coefficient (Wildman–Crippen LogP) is 2.72. The van der Waals surface area contributed by atoms with Crippen molar-refractivity contribution in [2.45, 2.75) is 49.4 Å². The van der Waals surface area contributed by atoms with Crippen LogP contribution in [0.4, 0.5) is 5.69 Å². The lowest BCUT2D eigenvalue weighted by molar-refractivity contribution is 0.102. The van der Waals surface area contributed by atoms with Gasteiger partial charge in [0.1, 0.15) is 0 Å². The molecule has 1 aliphatic rings. The first-order chi connectivity index (χ1) is 14.6. The third-order valence-electron chi connectivity index (χ3n) is 5.11. The van der Waals surface area contributed by atoms with Crippen molar-refractivity contribution in [1.29, 1.82) is 0 Å². The Morgan fingerprint density at radius 3 is 2.29 bits per heavy atom. The summed E-state index contributed by atoms with van der Waals surface area (Å²) in [6, 6.07) is 10.3. The fraction of sp³-hybridized carbons (Fsp3) is 0.381. The van der Waals surface area contributed by atoms with E-state index in [2.05, 4.69) is 10.0 Å². The summed E-state index contributed by atoms with van der Waals surface area (Å²) in [5.74, 6) is -0.524. The van der Waals surface area contributed by atoms with Gasteiger partial charge in [0.05, 0.1) is 9.79 Å². The second kappa shape index (κ2) is 9.07. The number of aryl methyl sites for hydroxylation is 1. The van der Waals surface area contributed by atoms with Crippen LogP contribution in [0.5, 0.6) is 0 Å². The first-order valence-electron chi connectivity index (χ1n) is 10.1. The minimum absolute atomic E-state index is 0.0154. The minimum atomic E-state index is -3.69. The Balaban J connectivity index is 1.86. The highest BCUT2D eigenvalue weighted by Gasteiger charge is 2.28. The van der Waals surface area contributed by atoms with Gasteiger partial charge in [0.25, 0.3) is 5.91 Å². The fourth-order valence-electron chi connectivity index (χ4n) is 3.10. The van der Waals surface area contributed by atoms with E-state index >= 15 is 0 Å². The number of carbonyl (C=O) groups is 1. The molecule has 0 aliphatic heterocycles. The maximum Gasteiger partial charge on any atom is 0.255 e. The van der Waals surface area contributed by atoms with Gasteiger partial charge in [0, 0.05) is 30.4 Å². The van der Waals surface area contributed by atoms with Crippen molar-refractivity contribution in [2.24, 2.45) is 0 Å². The maximum absolute atomic E-state index is 12.8. The zero-order valence-electron chi connectivity index (χ0n) is 17.8. The molecule has 2 aromatic rings. The van der Waals surface area contributed by atoms with Crippen LogP contribution in [0.1, 0.15) is 42.6 Å². The first-order valence-corrected chi connectivity index (χ1v) is 13.1. The van der Waals surface area contributed by atoms with Gasteiger partial charge in [0.2, 0.25) is 20.0 Å². The van der Waals surface area contributed by atoms with Crippen LogP contribution in [0.3, 0.4) is 0 Å². The third-order valence-corrected chi connectivity index (χ3v) is 8.67. The van der Waals surface area contributed by atoms with E-state index in [4.69, 9.17) is 0 Å². The van der Waals surface area contributed by atoms with Crippen molar-refractivity contribution in [3.8, 4) is 0 Å². The molecule has 2 N–H and O–H groups in total. The summed E-state index contributed by atoms with van der Waals surface area (Å²) >= 11 is 0. The van der Waals surface area contributed by atoms with Gasteiger partial charge in [-0.25, -0.2) is 21.6 Å². The molecule has 0 radical (unpaired) electrons. The van der Waals surface area contributed by atoms with Gasteiger partial charge in [0.15, 0.2) is 0 Å². The van der Waals surface area contributed by atoms with Gasteiger partial charge in [-0.3, -0.25) is 4.79 Å². The highest BCUT2D eigenvalue weighted by atomic mass is 32.2. The molecule has 31 heavy (non-hydrogen) atoms. The molecule has 1 fully saturated rings. The predicted molar refractivity (Wildman–Crippen MR) is 119 cm³/mol. The number of nitrogens with one attached hydrogen (secondary N) is 2. The lowest BCUT2D eigenvalue weighted by Crippen LogP contribution is -2.30. The standard InChI is InChI=1S/C21H27N3O5S2/c1-4-24(5-2)31(28,29)19-12-9-15(3)20(14-19)22-21(25)16-7-6-8-18(13-16)30(26,27)23-17-10-11-17/h6-9,12-14,17,23H,4-5,10-11H2,1-3H3,(H,22,25). The molecule has 0 bridgehead atoms. The van der Waals surface area contributed by atoms with Gasteiger partial charge in [-0.05, 0) is 55.7 Å². The molecule has 3 rings (SSSR count). The van der Waals surface area contributed by atoms with Gasteiger partial charge >= 0.3 is 0 Å². The molecule has 1 saturated carbocycles. The van der Waals surface area contributed by atoms with Crippen molar-refractivity contribution >= 4 is 31.6 Å². The number of sulfonamides is 2. The maximum atomic E-state index is 12.8. The van der Waals surface area contributed by atoms with Gasteiger partial charge < -0.3 is 5.32 Å². The van der Waals surface area contributed by atoms with Gasteiger partial charge in [-0.15, -0.1) is 0 Å². The van der Waals surface area contributed by atoms with E-state index in [0.29, 0.717) is 24.3 Å². The summed E-state index contributed by atoms with van der Waals surface area (Å²) in [5, 5.41) is 2.71. The second-order valence-electron chi connectivity index (χ2n) is 7.44. The quantitative estimate of drug-likeness (QED) is 0.591. The van der Waals surface area contributed by atoms with E-state index in [9.17, 15) is 21.6 Å². The second-order valence-corrected chi connectivity index (χ2v) is 11.1. The van der Waals surface area contributed by atoms with Crippen molar-refractivity contribution < 1.29 is 21.6 Å². The van der Waals surface area contributed by atoms with E-state index in [1.54, 1.807) is 26.8 Å². The fourth-order valence-corrected chi connectivity index (χ4v) is 5.93. The molecule has 1 aliphatic carbocycles. The first kappa shape index (κ1) is 23.4. The number of rotatable bonds is 9. The molecule has 0 aromatic heterocycles. The Bertz CT molecular complexity index is 1190. The number of hydrogen-bond acceptors (Lipinski definition) is 5. The Morgan fingerprint density at radius 1 is 1.00 bits per heavy atom. The number of benzene rings is 2. The van der Waals surface area contributed by atoms with E-state index in [1.165, 1.54) is 40.7 Å². The van der Waals surface area contributed by atoms with Crippen LogP contribution in [0.2, 0.25) is 0 Å². The zero-order chi connectivity index (χ0) is 22.8. The summed E-state index contributed by atoms with van der Waals surface area (Å²) in [6.45, 7) is 5.95. The molecule has 0 atom stereocenters. The molecule has 10 heteroatoms. The molecule has 1 amide bonds. The molecule has 0 unspecified atom stereocenters. The molecule has 0 spiro atoms. The van der Waals surface area contributed by atoms with E-state index in [-0.39, 0.29) is 21.4 Å². The Hall–Kier alpha value is -2.27. The van der Waals surface area contributed by atoms with Crippen molar-refractivity contribution in [3.63, 3.8) is 0 Å². The average molecular weight is 466 g/mol. The number of carbonyl (C=O) groups excluding carboxylic acids is 1. The number of amides is 1. The molecule has 168 valence electrons. The molecular formula is C21H27N3O5S2. The highest BCUT2D eigenvalue weighted by Crippen LogP contribution is 2.25. The Labute approximate surface area is 183 Å². The van der Waals surface area contributed by atoms with Crippen LogP contribution in [0.15, 0.2) is 52.3 Å². The van der Waals surface area contributed by atoms with Gasteiger partial charge in [-0.1, -0.05) is 26.0 Å². The number of anilines is 1. The van der Waals surface area contributed by atoms with Crippen LogP contribution < -0.4 is 10.0 Å². The summed E-state index contributed by atoms with van der Waals surface area (Å²) in [4.78, 5) is 12.9. The lowest BCUT2D eigenvalue weighted by atomic mass is 10.1. The van der Waals surface area contributed by atoms with E-state index in [0.717, 1.165) is 12.8 Å². The average Bonchev–Trinajstić information content (AvgIpc) is 3.53. The van der Waals surface area contributed by atoms with Crippen molar-refractivity contribution in [3.05, 3.63) is 53.6 Å². The zero-order valence-corrected chi connectivity index (χ0v) is 19.4. The topological polar surface area (TPSA) is 113 Å². The molecule has 8 nitrogen and oxygen atoms in total.